The van der Waals surface area contributed by atoms with Crippen molar-refractivity contribution in [3.05, 3.63) is 54.0 Å². The van der Waals surface area contributed by atoms with Crippen LogP contribution in [0.3, 0.4) is 0 Å². The van der Waals surface area contributed by atoms with E-state index in [1.807, 2.05) is 12.1 Å². The summed E-state index contributed by atoms with van der Waals surface area (Å²) < 4.78 is 13.3. The van der Waals surface area contributed by atoms with Gasteiger partial charge in [0.2, 0.25) is 0 Å². The standard InChI is InChI=1S/C12H11FN2S/c13-10-3-1-2-4-11(10)16-8-9-5-6-12(14)15-7-9/h1-7H,8H2,(H2,14,15). The molecule has 2 aromatic rings. The number of aromatic nitrogens is 1. The fourth-order valence-corrected chi connectivity index (χ4v) is 2.12. The van der Waals surface area contributed by atoms with E-state index >= 15 is 0 Å². The van der Waals surface area contributed by atoms with Crippen LogP contribution in [0.4, 0.5) is 10.2 Å². The Hall–Kier alpha value is -1.55. The molecular formula is C12H11FN2S. The number of nitrogen functional groups attached to an aromatic ring is 1. The summed E-state index contributed by atoms with van der Waals surface area (Å²) in [5, 5.41) is 0. The summed E-state index contributed by atoms with van der Waals surface area (Å²) in [5.41, 5.74) is 6.51. The summed E-state index contributed by atoms with van der Waals surface area (Å²) in [7, 11) is 0. The number of nitrogens with zero attached hydrogens (tertiary/aromatic N) is 1. The monoisotopic (exact) mass is 234 g/mol. The highest BCUT2D eigenvalue weighted by atomic mass is 32.2. The first-order chi connectivity index (χ1) is 7.75. The number of nitrogens with two attached hydrogens (primary N) is 1. The molecule has 0 spiro atoms. The van der Waals surface area contributed by atoms with Crippen LogP contribution >= 0.6 is 11.8 Å². The SMILES string of the molecule is Nc1ccc(CSc2ccccc2F)cn1. The van der Waals surface area contributed by atoms with Gasteiger partial charge in [-0.3, -0.25) is 0 Å². The van der Waals surface area contributed by atoms with Crippen molar-refractivity contribution in [1.29, 1.82) is 0 Å². The van der Waals surface area contributed by atoms with Crippen molar-refractivity contribution < 1.29 is 4.39 Å². The van der Waals surface area contributed by atoms with Gasteiger partial charge in [-0.1, -0.05) is 18.2 Å². The van der Waals surface area contributed by atoms with Crippen molar-refractivity contribution in [2.45, 2.75) is 10.6 Å². The Morgan fingerprint density at radius 2 is 2.00 bits per heavy atom. The van der Waals surface area contributed by atoms with Crippen LogP contribution in [-0.2, 0) is 5.75 Å². The summed E-state index contributed by atoms with van der Waals surface area (Å²) in [4.78, 5) is 4.64. The number of pyridine rings is 1. The van der Waals surface area contributed by atoms with Crippen LogP contribution < -0.4 is 5.73 Å². The first-order valence-corrected chi connectivity index (χ1v) is 5.82. The average Bonchev–Trinajstić information content (AvgIpc) is 2.30. The highest BCUT2D eigenvalue weighted by molar-refractivity contribution is 7.98. The van der Waals surface area contributed by atoms with Gasteiger partial charge < -0.3 is 5.73 Å². The maximum atomic E-state index is 13.3. The van der Waals surface area contributed by atoms with E-state index in [9.17, 15) is 4.39 Å². The van der Waals surface area contributed by atoms with Crippen LogP contribution in [0.15, 0.2) is 47.5 Å². The number of hydrogen-bond donors (Lipinski definition) is 1. The summed E-state index contributed by atoms with van der Waals surface area (Å²) in [6.07, 6.45) is 1.71. The molecule has 0 fully saturated rings. The van der Waals surface area contributed by atoms with E-state index < -0.39 is 0 Å². The smallest absolute Gasteiger partial charge is 0.136 e. The summed E-state index contributed by atoms with van der Waals surface area (Å²) in [5.74, 6) is 1.00. The highest BCUT2D eigenvalue weighted by Gasteiger charge is 2.01. The molecule has 0 aliphatic rings. The minimum atomic E-state index is -0.184. The van der Waals surface area contributed by atoms with Crippen LogP contribution in [0.1, 0.15) is 5.56 Å². The fraction of sp³-hybridized carbons (Fsp3) is 0.0833. The fourth-order valence-electron chi connectivity index (χ4n) is 1.24. The summed E-state index contributed by atoms with van der Waals surface area (Å²) >= 11 is 1.45. The van der Waals surface area contributed by atoms with Crippen LogP contribution in [0, 0.1) is 5.82 Å². The number of thioether (sulfide) groups is 1. The molecule has 0 bridgehead atoms. The van der Waals surface area contributed by atoms with Crippen molar-refractivity contribution in [2.24, 2.45) is 0 Å². The molecule has 4 heteroatoms. The molecule has 0 radical (unpaired) electrons. The molecule has 1 aromatic carbocycles. The predicted molar refractivity (Wildman–Crippen MR) is 64.6 cm³/mol. The van der Waals surface area contributed by atoms with E-state index in [4.69, 9.17) is 5.73 Å². The first-order valence-electron chi connectivity index (χ1n) is 4.83. The Balaban J connectivity index is 2.02. The van der Waals surface area contributed by atoms with Crippen LogP contribution in [0.2, 0.25) is 0 Å². The normalized spacial score (nSPS) is 10.3. The van der Waals surface area contributed by atoms with E-state index in [-0.39, 0.29) is 5.82 Å². The average molecular weight is 234 g/mol. The first kappa shape index (κ1) is 11.0. The number of anilines is 1. The Bertz CT molecular complexity index is 471. The lowest BCUT2D eigenvalue weighted by Crippen LogP contribution is -1.90. The van der Waals surface area contributed by atoms with E-state index in [0.717, 1.165) is 5.56 Å². The second-order valence-corrected chi connectivity index (χ2v) is 4.33. The molecule has 0 saturated carbocycles. The van der Waals surface area contributed by atoms with Gasteiger partial charge in [-0.05, 0) is 23.8 Å². The zero-order chi connectivity index (χ0) is 11.4. The van der Waals surface area contributed by atoms with E-state index in [1.165, 1.54) is 17.8 Å². The molecule has 1 heterocycles. The van der Waals surface area contributed by atoms with Gasteiger partial charge >= 0.3 is 0 Å². The van der Waals surface area contributed by atoms with Gasteiger partial charge in [0, 0.05) is 16.8 Å². The Morgan fingerprint density at radius 1 is 1.19 bits per heavy atom. The van der Waals surface area contributed by atoms with Crippen LogP contribution in [0.5, 0.6) is 0 Å². The lowest BCUT2D eigenvalue weighted by atomic mass is 10.3. The molecule has 0 unspecified atom stereocenters. The lowest BCUT2D eigenvalue weighted by Gasteiger charge is -2.03. The molecule has 0 aliphatic heterocycles. The molecule has 0 aliphatic carbocycles. The zero-order valence-corrected chi connectivity index (χ0v) is 9.38. The molecule has 0 atom stereocenters. The van der Waals surface area contributed by atoms with E-state index in [1.54, 1.807) is 24.4 Å². The van der Waals surface area contributed by atoms with Crippen LogP contribution in [0.25, 0.3) is 0 Å². The Labute approximate surface area is 97.7 Å². The molecule has 16 heavy (non-hydrogen) atoms. The quantitative estimate of drug-likeness (QED) is 0.829. The van der Waals surface area contributed by atoms with E-state index in [2.05, 4.69) is 4.98 Å². The third-order valence-electron chi connectivity index (χ3n) is 2.08. The molecular weight excluding hydrogens is 223 g/mol. The van der Waals surface area contributed by atoms with Crippen molar-refractivity contribution in [3.63, 3.8) is 0 Å². The van der Waals surface area contributed by atoms with Crippen molar-refractivity contribution >= 4 is 17.6 Å². The van der Waals surface area contributed by atoms with Gasteiger partial charge in [-0.2, -0.15) is 0 Å². The summed E-state index contributed by atoms with van der Waals surface area (Å²) in [6, 6.07) is 10.4. The molecule has 0 saturated heterocycles. The highest BCUT2D eigenvalue weighted by Crippen LogP contribution is 2.24. The topological polar surface area (TPSA) is 38.9 Å². The number of hydrogen-bond acceptors (Lipinski definition) is 3. The Morgan fingerprint density at radius 3 is 2.69 bits per heavy atom. The Kier molecular flexibility index (Phi) is 3.41. The molecule has 0 amide bonds. The summed E-state index contributed by atoms with van der Waals surface area (Å²) in [6.45, 7) is 0. The molecule has 2 rings (SSSR count). The van der Waals surface area contributed by atoms with Gasteiger partial charge in [0.1, 0.15) is 11.6 Å². The van der Waals surface area contributed by atoms with Gasteiger partial charge in [-0.25, -0.2) is 9.37 Å². The predicted octanol–water partition coefficient (Wildman–Crippen LogP) is 3.10. The van der Waals surface area contributed by atoms with Gasteiger partial charge in [0.25, 0.3) is 0 Å². The molecule has 2 nitrogen and oxygen atoms in total. The van der Waals surface area contributed by atoms with Gasteiger partial charge in [0.15, 0.2) is 0 Å². The van der Waals surface area contributed by atoms with Crippen molar-refractivity contribution in [3.8, 4) is 0 Å². The lowest BCUT2D eigenvalue weighted by molar-refractivity contribution is 0.602. The molecule has 82 valence electrons. The maximum Gasteiger partial charge on any atom is 0.136 e. The largest absolute Gasteiger partial charge is 0.384 e. The molecule has 2 N–H and O–H groups in total. The van der Waals surface area contributed by atoms with Crippen molar-refractivity contribution in [2.75, 3.05) is 5.73 Å². The minimum Gasteiger partial charge on any atom is -0.384 e. The van der Waals surface area contributed by atoms with Crippen LogP contribution in [-0.4, -0.2) is 4.98 Å². The van der Waals surface area contributed by atoms with Gasteiger partial charge in [-0.15, -0.1) is 11.8 Å². The number of benzene rings is 1. The van der Waals surface area contributed by atoms with E-state index in [0.29, 0.717) is 16.5 Å². The maximum absolute atomic E-state index is 13.3. The second-order valence-electron chi connectivity index (χ2n) is 3.31. The third kappa shape index (κ3) is 2.73. The minimum absolute atomic E-state index is 0.184. The molecule has 1 aromatic heterocycles. The number of rotatable bonds is 3. The van der Waals surface area contributed by atoms with Crippen molar-refractivity contribution in [1.82, 2.24) is 4.98 Å². The zero-order valence-electron chi connectivity index (χ0n) is 8.56. The van der Waals surface area contributed by atoms with Gasteiger partial charge in [0.05, 0.1) is 0 Å². The third-order valence-corrected chi connectivity index (χ3v) is 3.20. The second kappa shape index (κ2) is 4.99. The number of halogens is 1.